The van der Waals surface area contributed by atoms with Crippen LogP contribution in [-0.2, 0) is 14.3 Å². The maximum atomic E-state index is 12.1. The summed E-state index contributed by atoms with van der Waals surface area (Å²) >= 11 is 0. The molecule has 0 amide bonds. The highest BCUT2D eigenvalue weighted by atomic mass is 16.5. The quantitative estimate of drug-likeness (QED) is 0.689. The maximum Gasteiger partial charge on any atom is 0.325 e. The van der Waals surface area contributed by atoms with E-state index in [-0.39, 0.29) is 5.97 Å². The summed E-state index contributed by atoms with van der Waals surface area (Å²) in [6.45, 7) is 5.95. The molecule has 3 atom stereocenters. The number of nitrogens with zero attached hydrogens (tertiary/aromatic N) is 1. The van der Waals surface area contributed by atoms with E-state index < -0.39 is 5.54 Å². The first-order valence-electron chi connectivity index (χ1n) is 8.14. The summed E-state index contributed by atoms with van der Waals surface area (Å²) in [7, 11) is 3.62. The number of hydrogen-bond acceptors (Lipinski definition) is 5. The number of methoxy groups -OCH3 is 1. The topological polar surface area (TPSA) is 50.8 Å². The fourth-order valence-corrected chi connectivity index (χ4v) is 3.28. The number of nitrogens with one attached hydrogen (secondary N) is 1. The van der Waals surface area contributed by atoms with Crippen LogP contribution in [0.15, 0.2) is 0 Å². The van der Waals surface area contributed by atoms with E-state index in [9.17, 15) is 4.79 Å². The second kappa shape index (κ2) is 7.07. The fraction of sp³-hybridized carbons (Fsp3) is 0.938. The second-order valence-electron chi connectivity index (χ2n) is 6.76. The molecule has 0 radical (unpaired) electrons. The van der Waals surface area contributed by atoms with Gasteiger partial charge in [0, 0.05) is 18.7 Å². The van der Waals surface area contributed by atoms with Crippen molar-refractivity contribution in [3.63, 3.8) is 0 Å². The first-order chi connectivity index (χ1) is 9.96. The molecule has 0 aromatic rings. The van der Waals surface area contributed by atoms with E-state index >= 15 is 0 Å². The number of carbonyl (C=O) groups is 1. The minimum atomic E-state index is -0.547. The Morgan fingerprint density at radius 3 is 2.67 bits per heavy atom. The molecule has 1 N–H and O–H groups in total. The standard InChI is InChI=1S/C16H30N2O3/c1-12-14(8-11-21-12)18(3)10-5-9-16(2,15(19)20-4)17-13-6-7-13/h12-14,17H,5-11H2,1-4H3. The lowest BCUT2D eigenvalue weighted by atomic mass is 9.95. The molecule has 0 aromatic carbocycles. The van der Waals surface area contributed by atoms with Gasteiger partial charge in [-0.05, 0) is 59.5 Å². The Hall–Kier alpha value is -0.650. The highest BCUT2D eigenvalue weighted by Crippen LogP contribution is 2.26. The molecule has 0 bridgehead atoms. The summed E-state index contributed by atoms with van der Waals surface area (Å²) < 4.78 is 10.6. The third kappa shape index (κ3) is 4.41. The van der Waals surface area contributed by atoms with Gasteiger partial charge in [-0.15, -0.1) is 0 Å². The Balaban J connectivity index is 1.79. The molecule has 1 aliphatic carbocycles. The Morgan fingerprint density at radius 1 is 1.43 bits per heavy atom. The molecule has 2 fully saturated rings. The molecule has 0 aromatic heterocycles. The molecular formula is C16H30N2O3. The van der Waals surface area contributed by atoms with Gasteiger partial charge in [0.1, 0.15) is 5.54 Å². The van der Waals surface area contributed by atoms with Crippen LogP contribution >= 0.6 is 0 Å². The monoisotopic (exact) mass is 298 g/mol. The number of ether oxygens (including phenoxy) is 2. The van der Waals surface area contributed by atoms with Gasteiger partial charge in [0.15, 0.2) is 0 Å². The summed E-state index contributed by atoms with van der Waals surface area (Å²) in [6.07, 6.45) is 5.54. The van der Waals surface area contributed by atoms with Gasteiger partial charge >= 0.3 is 5.97 Å². The Kier molecular flexibility index (Phi) is 5.63. The van der Waals surface area contributed by atoms with E-state index in [2.05, 4.69) is 24.2 Å². The number of hydrogen-bond donors (Lipinski definition) is 1. The molecule has 1 saturated heterocycles. The SMILES string of the molecule is COC(=O)C(C)(CCCN(C)C1CCOC1C)NC1CC1. The van der Waals surface area contributed by atoms with Crippen molar-refractivity contribution in [3.05, 3.63) is 0 Å². The van der Waals surface area contributed by atoms with Crippen molar-refractivity contribution in [1.82, 2.24) is 10.2 Å². The second-order valence-corrected chi connectivity index (χ2v) is 6.76. The molecule has 2 rings (SSSR count). The molecule has 0 spiro atoms. The summed E-state index contributed by atoms with van der Waals surface area (Å²) in [5.74, 6) is -0.144. The average molecular weight is 298 g/mol. The van der Waals surface area contributed by atoms with Gasteiger partial charge in [0.2, 0.25) is 0 Å². The summed E-state index contributed by atoms with van der Waals surface area (Å²) in [5.41, 5.74) is -0.547. The molecular weight excluding hydrogens is 268 g/mol. The van der Waals surface area contributed by atoms with E-state index in [1.807, 2.05) is 6.92 Å². The molecule has 5 heteroatoms. The molecule has 122 valence electrons. The smallest absolute Gasteiger partial charge is 0.325 e. The van der Waals surface area contributed by atoms with Gasteiger partial charge in [0.25, 0.3) is 0 Å². The van der Waals surface area contributed by atoms with Crippen LogP contribution in [0.5, 0.6) is 0 Å². The van der Waals surface area contributed by atoms with Gasteiger partial charge in [-0.3, -0.25) is 10.1 Å². The first-order valence-corrected chi connectivity index (χ1v) is 8.14. The van der Waals surface area contributed by atoms with E-state index in [0.29, 0.717) is 18.2 Å². The summed E-state index contributed by atoms with van der Waals surface area (Å²) in [5, 5.41) is 3.45. The lowest BCUT2D eigenvalue weighted by Gasteiger charge is -2.31. The summed E-state index contributed by atoms with van der Waals surface area (Å²) in [4.78, 5) is 14.4. The number of rotatable bonds is 8. The molecule has 1 heterocycles. The van der Waals surface area contributed by atoms with Crippen molar-refractivity contribution in [2.45, 2.75) is 69.7 Å². The van der Waals surface area contributed by atoms with Crippen LogP contribution in [0.25, 0.3) is 0 Å². The van der Waals surface area contributed by atoms with Crippen molar-refractivity contribution < 1.29 is 14.3 Å². The van der Waals surface area contributed by atoms with Gasteiger partial charge in [0.05, 0.1) is 13.2 Å². The minimum absolute atomic E-state index is 0.144. The van der Waals surface area contributed by atoms with Crippen molar-refractivity contribution >= 4 is 5.97 Å². The van der Waals surface area contributed by atoms with Crippen molar-refractivity contribution in [1.29, 1.82) is 0 Å². The number of carbonyl (C=O) groups excluding carboxylic acids is 1. The first kappa shape index (κ1) is 16.7. The molecule has 3 unspecified atom stereocenters. The van der Waals surface area contributed by atoms with Crippen LogP contribution in [0.3, 0.4) is 0 Å². The number of esters is 1. The predicted octanol–water partition coefficient (Wildman–Crippen LogP) is 1.56. The van der Waals surface area contributed by atoms with E-state index in [1.165, 1.54) is 20.0 Å². The van der Waals surface area contributed by atoms with Gasteiger partial charge in [-0.25, -0.2) is 0 Å². The highest BCUT2D eigenvalue weighted by molar-refractivity contribution is 5.80. The van der Waals surface area contributed by atoms with E-state index in [0.717, 1.165) is 32.4 Å². The lowest BCUT2D eigenvalue weighted by molar-refractivity contribution is -0.148. The molecule has 2 aliphatic rings. The Morgan fingerprint density at radius 2 is 2.14 bits per heavy atom. The van der Waals surface area contributed by atoms with Crippen LogP contribution in [-0.4, -0.2) is 61.9 Å². The number of likely N-dealkylation sites (N-methyl/N-ethyl adjacent to an activating group) is 1. The van der Waals surface area contributed by atoms with Crippen LogP contribution in [0, 0.1) is 0 Å². The van der Waals surface area contributed by atoms with Crippen molar-refractivity contribution in [2.24, 2.45) is 0 Å². The molecule has 21 heavy (non-hydrogen) atoms. The Bertz CT molecular complexity index is 359. The minimum Gasteiger partial charge on any atom is -0.468 e. The van der Waals surface area contributed by atoms with Gasteiger partial charge in [-0.1, -0.05) is 0 Å². The zero-order chi connectivity index (χ0) is 15.5. The molecule has 5 nitrogen and oxygen atoms in total. The molecule has 1 saturated carbocycles. The lowest BCUT2D eigenvalue weighted by Crippen LogP contribution is -2.51. The van der Waals surface area contributed by atoms with Crippen molar-refractivity contribution in [3.8, 4) is 0 Å². The van der Waals surface area contributed by atoms with Gasteiger partial charge in [-0.2, -0.15) is 0 Å². The van der Waals surface area contributed by atoms with Crippen LogP contribution in [0.1, 0.15) is 46.0 Å². The van der Waals surface area contributed by atoms with Crippen LogP contribution < -0.4 is 5.32 Å². The maximum absolute atomic E-state index is 12.1. The third-order valence-electron chi connectivity index (χ3n) is 4.83. The predicted molar refractivity (Wildman–Crippen MR) is 82.3 cm³/mol. The largest absolute Gasteiger partial charge is 0.468 e. The third-order valence-corrected chi connectivity index (χ3v) is 4.83. The molecule has 1 aliphatic heterocycles. The van der Waals surface area contributed by atoms with Crippen molar-refractivity contribution in [2.75, 3.05) is 27.3 Å². The zero-order valence-corrected chi connectivity index (χ0v) is 13.9. The van der Waals surface area contributed by atoms with E-state index in [1.54, 1.807) is 0 Å². The normalized spacial score (nSPS) is 28.6. The summed E-state index contributed by atoms with van der Waals surface area (Å²) in [6, 6.07) is 1.00. The fourth-order valence-electron chi connectivity index (χ4n) is 3.28. The van der Waals surface area contributed by atoms with E-state index in [4.69, 9.17) is 9.47 Å². The average Bonchev–Trinajstić information content (AvgIpc) is 3.15. The van der Waals surface area contributed by atoms with Gasteiger partial charge < -0.3 is 14.4 Å². The zero-order valence-electron chi connectivity index (χ0n) is 13.9. The Labute approximate surface area is 128 Å². The van der Waals surface area contributed by atoms with Crippen LogP contribution in [0.2, 0.25) is 0 Å². The van der Waals surface area contributed by atoms with Crippen LogP contribution in [0.4, 0.5) is 0 Å². The highest BCUT2D eigenvalue weighted by Gasteiger charge is 2.39.